The summed E-state index contributed by atoms with van der Waals surface area (Å²) in [6.45, 7) is 4.48. The third-order valence-corrected chi connectivity index (χ3v) is 6.04. The summed E-state index contributed by atoms with van der Waals surface area (Å²) < 4.78 is 0. The second-order valence-corrected chi connectivity index (χ2v) is 9.46. The van der Waals surface area contributed by atoms with Crippen LogP contribution in [0.15, 0.2) is 48.5 Å². The van der Waals surface area contributed by atoms with Gasteiger partial charge in [0.2, 0.25) is 0 Å². The molecule has 0 bridgehead atoms. The Morgan fingerprint density at radius 2 is 0.698 bits per heavy atom. The van der Waals surface area contributed by atoms with Crippen LogP contribution in [0.5, 0.6) is 11.5 Å². The molecular formula is C32H46O8Sr3. The summed E-state index contributed by atoms with van der Waals surface area (Å²) >= 11 is 0. The van der Waals surface area contributed by atoms with E-state index in [9.17, 15) is 10.2 Å². The molecule has 0 unspecified atom stereocenters. The molecule has 0 aromatic heterocycles. The molecule has 0 fully saturated rings. The summed E-state index contributed by atoms with van der Waals surface area (Å²) in [5.41, 5.74) is 1.96. The van der Waals surface area contributed by atoms with E-state index in [1.54, 1.807) is 12.1 Å². The SMILES string of the molecule is CCCCCCCCCc1ccccc1[O-].CCCCCCCCCc1ccccc1[O-].O=C([O-])[O-].O=C([O-])[O-].[Sr+2].[Sr+2].[Sr+2]. The maximum Gasteiger partial charge on any atom is 2.00 e. The van der Waals surface area contributed by atoms with Crippen molar-refractivity contribution in [2.45, 2.75) is 117 Å². The molecule has 0 spiro atoms. The summed E-state index contributed by atoms with van der Waals surface area (Å²) in [7, 11) is 0. The standard InChI is InChI=1S/2C15H24O.2CH2O3.3Sr/c2*1-2-3-4-5-6-7-8-11-14-12-9-10-13-15(14)16;2*2-1(3)4;;;/h2*9-10,12-13,16H,2-8,11H2,1H3;2*(H2,2,3,4);;;/q;;;;3*+2/p-6. The van der Waals surface area contributed by atoms with Gasteiger partial charge in [0.25, 0.3) is 0 Å². The van der Waals surface area contributed by atoms with Crippen molar-refractivity contribution >= 4 is 149 Å². The number of benzene rings is 2. The molecule has 0 saturated carbocycles. The maximum atomic E-state index is 11.4. The molecule has 43 heavy (non-hydrogen) atoms. The first-order valence-corrected chi connectivity index (χ1v) is 14.4. The van der Waals surface area contributed by atoms with Crippen LogP contribution >= 0.6 is 0 Å². The van der Waals surface area contributed by atoms with Crippen molar-refractivity contribution in [2.75, 3.05) is 0 Å². The quantitative estimate of drug-likeness (QED) is 0.183. The first kappa shape index (κ1) is 53.5. The molecule has 8 nitrogen and oxygen atoms in total. The van der Waals surface area contributed by atoms with Crippen LogP contribution in [0.2, 0.25) is 0 Å². The average Bonchev–Trinajstić information content (AvgIpc) is 2.89. The van der Waals surface area contributed by atoms with Crippen molar-refractivity contribution < 1.29 is 40.2 Å². The van der Waals surface area contributed by atoms with Crippen molar-refractivity contribution in [3.63, 3.8) is 0 Å². The molecule has 0 radical (unpaired) electrons. The van der Waals surface area contributed by atoms with Crippen molar-refractivity contribution in [3.05, 3.63) is 59.7 Å². The molecule has 0 heterocycles. The van der Waals surface area contributed by atoms with Gasteiger partial charge in [0.05, 0.1) is 0 Å². The van der Waals surface area contributed by atoms with Gasteiger partial charge in [-0.1, -0.05) is 151 Å². The van der Waals surface area contributed by atoms with E-state index < -0.39 is 12.3 Å². The topological polar surface area (TPSA) is 172 Å². The Morgan fingerprint density at radius 1 is 0.465 bits per heavy atom. The molecular weight excluding hydrogens is 775 g/mol. The minimum absolute atomic E-state index is 0. The van der Waals surface area contributed by atoms with E-state index in [-0.39, 0.29) is 148 Å². The van der Waals surface area contributed by atoms with Gasteiger partial charge in [0.1, 0.15) is 0 Å². The van der Waals surface area contributed by atoms with Gasteiger partial charge >= 0.3 is 136 Å². The van der Waals surface area contributed by atoms with Crippen molar-refractivity contribution in [1.82, 2.24) is 0 Å². The number of carbonyl (C=O) groups excluding carboxylic acids is 2. The van der Waals surface area contributed by atoms with Crippen LogP contribution in [0, 0.1) is 0 Å². The maximum absolute atomic E-state index is 11.4. The van der Waals surface area contributed by atoms with Crippen LogP contribution in [0.1, 0.15) is 115 Å². The zero-order valence-corrected chi connectivity index (χ0v) is 36.7. The summed E-state index contributed by atoms with van der Waals surface area (Å²) in [5.74, 6) is 0.405. The summed E-state index contributed by atoms with van der Waals surface area (Å²) in [6, 6.07) is 14.8. The van der Waals surface area contributed by atoms with E-state index in [0.717, 1.165) is 36.8 Å². The Bertz CT molecular complexity index is 806. The van der Waals surface area contributed by atoms with Crippen LogP contribution in [0.3, 0.4) is 0 Å². The number of para-hydroxylation sites is 2. The monoisotopic (exact) mass is 822 g/mol. The van der Waals surface area contributed by atoms with E-state index >= 15 is 0 Å². The number of aryl methyl sites for hydroxylation is 2. The van der Waals surface area contributed by atoms with Crippen molar-refractivity contribution in [1.29, 1.82) is 0 Å². The minimum Gasteiger partial charge on any atom is -0.872 e. The first-order valence-electron chi connectivity index (χ1n) is 14.4. The van der Waals surface area contributed by atoms with E-state index in [2.05, 4.69) is 13.8 Å². The summed E-state index contributed by atoms with van der Waals surface area (Å²) in [4.78, 5) is 16.7. The van der Waals surface area contributed by atoms with E-state index in [0.29, 0.717) is 0 Å². The summed E-state index contributed by atoms with van der Waals surface area (Å²) in [5, 5.41) is 56.2. The molecule has 0 aliphatic heterocycles. The zero-order chi connectivity index (χ0) is 30.4. The van der Waals surface area contributed by atoms with Crippen LogP contribution in [0.25, 0.3) is 0 Å². The second-order valence-electron chi connectivity index (χ2n) is 9.46. The molecule has 11 heteroatoms. The Kier molecular flexibility index (Phi) is 51.1. The average molecular weight is 822 g/mol. The van der Waals surface area contributed by atoms with Gasteiger partial charge in [-0.05, 0) is 38.0 Å². The molecule has 0 aliphatic rings. The van der Waals surface area contributed by atoms with Crippen LogP contribution in [-0.4, -0.2) is 149 Å². The molecule has 228 valence electrons. The molecule has 0 saturated heterocycles. The predicted molar refractivity (Wildman–Crippen MR) is 163 cm³/mol. The van der Waals surface area contributed by atoms with Crippen LogP contribution in [0.4, 0.5) is 9.59 Å². The number of unbranched alkanes of at least 4 members (excludes halogenated alkanes) is 12. The van der Waals surface area contributed by atoms with Crippen molar-refractivity contribution in [3.8, 4) is 11.5 Å². The van der Waals surface area contributed by atoms with Gasteiger partial charge in [0.15, 0.2) is 0 Å². The summed E-state index contributed by atoms with van der Waals surface area (Å²) in [6.07, 6.45) is 15.5. The Labute approximate surface area is 370 Å². The van der Waals surface area contributed by atoms with Crippen LogP contribution in [-0.2, 0) is 12.8 Å². The third-order valence-electron chi connectivity index (χ3n) is 6.04. The molecule has 0 amide bonds. The van der Waals surface area contributed by atoms with E-state index in [1.807, 2.05) is 36.4 Å². The van der Waals surface area contributed by atoms with Gasteiger partial charge in [-0.25, -0.2) is 0 Å². The molecule has 0 atom stereocenters. The smallest absolute Gasteiger partial charge is 0.872 e. The largest absolute Gasteiger partial charge is 2.00 e. The van der Waals surface area contributed by atoms with Gasteiger partial charge in [-0.2, -0.15) is 0 Å². The van der Waals surface area contributed by atoms with Gasteiger partial charge in [-0.3, -0.25) is 0 Å². The van der Waals surface area contributed by atoms with E-state index in [4.69, 9.17) is 30.0 Å². The number of hydrogen-bond acceptors (Lipinski definition) is 8. The molecule has 0 aliphatic carbocycles. The fourth-order valence-corrected chi connectivity index (χ4v) is 3.97. The zero-order valence-electron chi connectivity index (χ0n) is 26.3. The Morgan fingerprint density at radius 3 is 0.953 bits per heavy atom. The Hall–Kier alpha value is 1.02. The Balaban J connectivity index is -0.000000170. The van der Waals surface area contributed by atoms with Gasteiger partial charge in [0, 0.05) is 0 Å². The molecule has 2 rings (SSSR count). The molecule has 2 aromatic carbocycles. The number of carbonyl (C=O) groups is 2. The second kappa shape index (κ2) is 41.0. The minimum atomic E-state index is -2.33. The fraction of sp³-hybridized carbons (Fsp3) is 0.562. The number of rotatable bonds is 16. The third kappa shape index (κ3) is 43.0. The van der Waals surface area contributed by atoms with E-state index in [1.165, 1.54) is 77.0 Å². The first-order chi connectivity index (χ1) is 19.1. The predicted octanol–water partition coefficient (Wildman–Crippen LogP) is 2.07. The number of hydrogen-bond donors (Lipinski definition) is 0. The number of carboxylic acid groups (broad SMARTS) is 4. The van der Waals surface area contributed by atoms with Gasteiger partial charge in [-0.15, -0.1) is 11.5 Å². The normalized spacial score (nSPS) is 8.98. The van der Waals surface area contributed by atoms with Crippen LogP contribution < -0.4 is 30.6 Å². The molecule has 0 N–H and O–H groups in total. The fourth-order valence-electron chi connectivity index (χ4n) is 3.97. The van der Waals surface area contributed by atoms with Gasteiger partial charge < -0.3 is 40.2 Å². The van der Waals surface area contributed by atoms with Crippen molar-refractivity contribution in [2.24, 2.45) is 0 Å². The molecule has 2 aromatic rings.